The Balaban J connectivity index is 1.66. The summed E-state index contributed by atoms with van der Waals surface area (Å²) in [5.41, 5.74) is 3.87. The molecule has 0 bridgehead atoms. The molecule has 176 valence electrons. The van der Waals surface area contributed by atoms with Gasteiger partial charge in [-0.3, -0.25) is 4.98 Å². The second-order valence-corrected chi connectivity index (χ2v) is 9.69. The van der Waals surface area contributed by atoms with Gasteiger partial charge in [0.2, 0.25) is 0 Å². The monoisotopic (exact) mass is 479 g/mol. The molecule has 0 unspecified atom stereocenters. The van der Waals surface area contributed by atoms with Gasteiger partial charge in [-0.25, -0.2) is 4.98 Å². The van der Waals surface area contributed by atoms with Gasteiger partial charge in [0.05, 0.1) is 17.7 Å². The van der Waals surface area contributed by atoms with E-state index in [0.717, 1.165) is 70.7 Å². The minimum Gasteiger partial charge on any atom is -0.394 e. The topological polar surface area (TPSA) is 140 Å². The Morgan fingerprint density at radius 2 is 1.85 bits per heavy atom. The van der Waals surface area contributed by atoms with E-state index in [0.29, 0.717) is 10.6 Å². The zero-order valence-corrected chi connectivity index (χ0v) is 19.1. The molecule has 5 rings (SSSR count). The van der Waals surface area contributed by atoms with Crippen molar-refractivity contribution >= 4 is 22.7 Å². The van der Waals surface area contributed by atoms with E-state index in [1.54, 1.807) is 6.20 Å². The second kappa shape index (κ2) is 9.58. The van der Waals surface area contributed by atoms with Crippen LogP contribution < -0.4 is 0 Å². The molecule has 0 radical (unpaired) electrons. The van der Waals surface area contributed by atoms with Gasteiger partial charge >= 0.3 is 0 Å². The third-order valence-electron chi connectivity index (χ3n) is 6.55. The molecule has 1 aliphatic carbocycles. The number of para-hydroxylation sites is 1. The van der Waals surface area contributed by atoms with E-state index in [4.69, 9.17) is 9.72 Å². The first-order valence-corrected chi connectivity index (χ1v) is 12.2. The number of aromatic nitrogens is 2. The van der Waals surface area contributed by atoms with Crippen LogP contribution in [0.15, 0.2) is 41.6 Å². The van der Waals surface area contributed by atoms with E-state index in [1.807, 2.05) is 30.3 Å². The molecule has 2 aliphatic rings. The third kappa shape index (κ3) is 3.96. The average Bonchev–Trinajstić information content (AvgIpc) is 2.87. The van der Waals surface area contributed by atoms with Gasteiger partial charge in [-0.15, -0.1) is 0 Å². The van der Waals surface area contributed by atoms with Crippen molar-refractivity contribution in [3.8, 4) is 17.2 Å². The Morgan fingerprint density at radius 3 is 2.65 bits per heavy atom. The molecule has 4 N–H and O–H groups in total. The van der Waals surface area contributed by atoms with E-state index >= 15 is 0 Å². The van der Waals surface area contributed by atoms with Crippen LogP contribution in [-0.4, -0.2) is 66.9 Å². The van der Waals surface area contributed by atoms with E-state index in [9.17, 15) is 25.7 Å². The summed E-state index contributed by atoms with van der Waals surface area (Å²) < 4.78 is 5.69. The van der Waals surface area contributed by atoms with Gasteiger partial charge in [-0.2, -0.15) is 5.26 Å². The number of fused-ring (bicyclic) bond motifs is 2. The van der Waals surface area contributed by atoms with Gasteiger partial charge in [-0.05, 0) is 48.9 Å². The van der Waals surface area contributed by atoms with Crippen LogP contribution >= 0.6 is 11.8 Å². The van der Waals surface area contributed by atoms with Crippen LogP contribution in [0.4, 0.5) is 0 Å². The molecule has 5 atom stereocenters. The number of hydrogen-bond donors (Lipinski definition) is 4. The smallest absolute Gasteiger partial charge is 0.138 e. The van der Waals surface area contributed by atoms with Gasteiger partial charge in [-0.1, -0.05) is 30.0 Å². The van der Waals surface area contributed by atoms with Gasteiger partial charge in [0.15, 0.2) is 0 Å². The predicted molar refractivity (Wildman–Crippen MR) is 126 cm³/mol. The van der Waals surface area contributed by atoms with Crippen molar-refractivity contribution in [3.05, 3.63) is 53.3 Å². The first-order valence-electron chi connectivity index (χ1n) is 11.3. The molecular weight excluding hydrogens is 454 g/mol. The van der Waals surface area contributed by atoms with Crippen LogP contribution in [0.3, 0.4) is 0 Å². The van der Waals surface area contributed by atoms with Crippen molar-refractivity contribution in [2.24, 2.45) is 0 Å². The van der Waals surface area contributed by atoms with Gasteiger partial charge < -0.3 is 25.2 Å². The van der Waals surface area contributed by atoms with Crippen LogP contribution in [0.5, 0.6) is 0 Å². The summed E-state index contributed by atoms with van der Waals surface area (Å²) in [6.07, 6.45) is -0.0502. The van der Waals surface area contributed by atoms with Crippen molar-refractivity contribution in [1.82, 2.24) is 9.97 Å². The van der Waals surface area contributed by atoms with Crippen LogP contribution in [0.2, 0.25) is 0 Å². The lowest BCUT2D eigenvalue weighted by atomic mass is 9.86. The molecule has 1 fully saturated rings. The summed E-state index contributed by atoms with van der Waals surface area (Å²) in [5.74, 6) is 0. The van der Waals surface area contributed by atoms with Crippen molar-refractivity contribution in [3.63, 3.8) is 0 Å². The summed E-state index contributed by atoms with van der Waals surface area (Å²) in [5, 5.41) is 52.0. The maximum absolute atomic E-state index is 10.6. The lowest BCUT2D eigenvalue weighted by Gasteiger charge is -2.39. The number of thioether (sulfide) groups is 1. The highest BCUT2D eigenvalue weighted by molar-refractivity contribution is 7.99. The largest absolute Gasteiger partial charge is 0.394 e. The van der Waals surface area contributed by atoms with E-state index < -0.39 is 36.5 Å². The fourth-order valence-corrected chi connectivity index (χ4v) is 5.94. The fourth-order valence-electron chi connectivity index (χ4n) is 4.79. The van der Waals surface area contributed by atoms with Crippen LogP contribution in [0, 0.1) is 11.3 Å². The molecule has 8 nitrogen and oxygen atoms in total. The third-order valence-corrected chi connectivity index (χ3v) is 7.69. The van der Waals surface area contributed by atoms with Gasteiger partial charge in [0.25, 0.3) is 0 Å². The van der Waals surface area contributed by atoms with Gasteiger partial charge in [0, 0.05) is 22.8 Å². The Labute approximate surface area is 200 Å². The minimum atomic E-state index is -1.49. The number of nitriles is 1. The summed E-state index contributed by atoms with van der Waals surface area (Å²) in [4.78, 5) is 9.26. The minimum absolute atomic E-state index is 0.374. The predicted octanol–water partition coefficient (Wildman–Crippen LogP) is 1.94. The number of benzene rings is 1. The molecule has 0 spiro atoms. The molecule has 9 heteroatoms. The maximum Gasteiger partial charge on any atom is 0.138 e. The number of nitrogens with zero attached hydrogens (tertiary/aromatic N) is 3. The first-order chi connectivity index (χ1) is 16.5. The molecule has 34 heavy (non-hydrogen) atoms. The molecular formula is C25H25N3O5S. The van der Waals surface area contributed by atoms with E-state index in [1.165, 1.54) is 0 Å². The Hall–Kier alpha value is -2.58. The summed E-state index contributed by atoms with van der Waals surface area (Å²) in [7, 11) is 0. The number of aryl methyl sites for hydroxylation is 1. The lowest BCUT2D eigenvalue weighted by Crippen LogP contribution is -2.57. The van der Waals surface area contributed by atoms with Crippen LogP contribution in [-0.2, 0) is 17.6 Å². The molecule has 1 aromatic carbocycles. The number of rotatable bonds is 4. The molecule has 3 aromatic rings. The standard InChI is InChI=1S/C25H25N3O5S/c26-11-16-20(14-9-10-27-17-7-3-1-5-13(14)17)15-6-2-4-8-18(15)28-24(16)34-25-23(32)22(31)21(30)19(12-29)33-25/h1,3,5,7,9-10,19,21-23,25,29-32H,2,4,6,8,12H2/t19-,21-,22+,23-,25+/m1/s1. The number of hydrogen-bond acceptors (Lipinski definition) is 9. The zero-order valence-electron chi connectivity index (χ0n) is 18.3. The Morgan fingerprint density at radius 1 is 1.06 bits per heavy atom. The number of ether oxygens (including phenoxy) is 1. The van der Waals surface area contributed by atoms with Crippen molar-refractivity contribution < 1.29 is 25.2 Å². The van der Waals surface area contributed by atoms with Crippen molar-refractivity contribution in [2.75, 3.05) is 6.61 Å². The zero-order chi connectivity index (χ0) is 23.8. The molecule has 2 aromatic heterocycles. The first kappa shape index (κ1) is 23.2. The van der Waals surface area contributed by atoms with Crippen LogP contribution in [0.25, 0.3) is 22.0 Å². The highest BCUT2D eigenvalue weighted by atomic mass is 32.2. The SMILES string of the molecule is N#Cc1c(S[C@@H]2O[C@H](CO)[C@@H](O)[C@H](O)[C@H]2O)nc2c(c1-c1ccnc3ccccc13)CCCC2. The molecule has 1 aliphatic heterocycles. The Kier molecular flexibility index (Phi) is 6.53. The maximum atomic E-state index is 10.6. The highest BCUT2D eigenvalue weighted by Crippen LogP contribution is 2.42. The second-order valence-electron chi connectivity index (χ2n) is 8.60. The summed E-state index contributed by atoms with van der Waals surface area (Å²) in [6, 6.07) is 12.0. The highest BCUT2D eigenvalue weighted by Gasteiger charge is 2.44. The summed E-state index contributed by atoms with van der Waals surface area (Å²) in [6.45, 7) is -0.515. The average molecular weight is 480 g/mol. The van der Waals surface area contributed by atoms with Gasteiger partial charge in [0.1, 0.15) is 40.9 Å². The molecule has 0 saturated carbocycles. The van der Waals surface area contributed by atoms with Crippen molar-refractivity contribution in [2.45, 2.75) is 60.6 Å². The van der Waals surface area contributed by atoms with E-state index in [2.05, 4.69) is 11.1 Å². The quantitative estimate of drug-likeness (QED) is 0.442. The number of pyridine rings is 2. The van der Waals surface area contributed by atoms with Crippen molar-refractivity contribution in [1.29, 1.82) is 5.26 Å². The van der Waals surface area contributed by atoms with E-state index in [-0.39, 0.29) is 0 Å². The fraction of sp³-hybridized carbons (Fsp3) is 0.400. The number of aliphatic hydroxyl groups excluding tert-OH is 4. The summed E-state index contributed by atoms with van der Waals surface area (Å²) >= 11 is 1.03. The molecule has 0 amide bonds. The Bertz CT molecular complexity index is 1260. The lowest BCUT2D eigenvalue weighted by molar-refractivity contribution is -0.205. The molecule has 1 saturated heterocycles. The van der Waals surface area contributed by atoms with Crippen LogP contribution in [0.1, 0.15) is 29.7 Å². The normalized spacial score (nSPS) is 26.7. The molecule has 3 heterocycles. The number of aliphatic hydroxyl groups is 4.